The number of anilines is 1. The van der Waals surface area contributed by atoms with Crippen LogP contribution in [0.15, 0.2) is 42.5 Å². The van der Waals surface area contributed by atoms with Crippen LogP contribution in [0, 0.1) is 5.82 Å². The lowest BCUT2D eigenvalue weighted by Crippen LogP contribution is -3.11. The molecule has 138 valence electrons. The second-order valence-electron chi connectivity index (χ2n) is 6.44. The largest absolute Gasteiger partial charge is 0.497 e. The zero-order valence-electron chi connectivity index (χ0n) is 15.0. The second kappa shape index (κ2) is 8.19. The highest BCUT2D eigenvalue weighted by molar-refractivity contribution is 5.91. The Kier molecular flexibility index (Phi) is 5.73. The van der Waals surface area contributed by atoms with E-state index in [1.807, 2.05) is 18.2 Å². The van der Waals surface area contributed by atoms with E-state index in [1.165, 1.54) is 17.0 Å². The summed E-state index contributed by atoms with van der Waals surface area (Å²) in [5, 5.41) is 2.84. The first-order valence-corrected chi connectivity index (χ1v) is 8.72. The third-order valence-electron chi connectivity index (χ3n) is 4.82. The Morgan fingerprint density at radius 1 is 1.19 bits per heavy atom. The summed E-state index contributed by atoms with van der Waals surface area (Å²) in [6, 6.07) is 11.8. The van der Waals surface area contributed by atoms with Gasteiger partial charge in [-0.3, -0.25) is 4.79 Å². The molecule has 0 saturated carbocycles. The Balaban J connectivity index is 1.70. The van der Waals surface area contributed by atoms with E-state index < -0.39 is 0 Å². The normalized spacial score (nSPS) is 19.2. The van der Waals surface area contributed by atoms with E-state index in [1.54, 1.807) is 26.4 Å². The van der Waals surface area contributed by atoms with Gasteiger partial charge in [0, 0.05) is 24.6 Å². The first kappa shape index (κ1) is 18.2. The van der Waals surface area contributed by atoms with Gasteiger partial charge in [-0.25, -0.2) is 4.39 Å². The molecule has 1 heterocycles. The van der Waals surface area contributed by atoms with Crippen LogP contribution in [-0.4, -0.2) is 33.2 Å². The van der Waals surface area contributed by atoms with Crippen molar-refractivity contribution in [1.29, 1.82) is 0 Å². The second-order valence-corrected chi connectivity index (χ2v) is 6.44. The highest BCUT2D eigenvalue weighted by atomic mass is 19.1. The molecule has 1 fully saturated rings. The number of ether oxygens (including phenoxy) is 2. The maximum Gasteiger partial charge on any atom is 0.279 e. The van der Waals surface area contributed by atoms with Crippen molar-refractivity contribution in [2.75, 3.05) is 32.6 Å². The maximum atomic E-state index is 13.0. The summed E-state index contributed by atoms with van der Waals surface area (Å²) in [7, 11) is 3.27. The van der Waals surface area contributed by atoms with Gasteiger partial charge in [-0.1, -0.05) is 0 Å². The smallest absolute Gasteiger partial charge is 0.279 e. The van der Waals surface area contributed by atoms with E-state index in [0.717, 1.165) is 36.4 Å². The quantitative estimate of drug-likeness (QED) is 0.831. The molecule has 0 aliphatic carbocycles. The van der Waals surface area contributed by atoms with Gasteiger partial charge in [-0.15, -0.1) is 0 Å². The number of carbonyl (C=O) groups is 1. The van der Waals surface area contributed by atoms with E-state index in [4.69, 9.17) is 9.47 Å². The molecule has 1 unspecified atom stereocenters. The Morgan fingerprint density at radius 3 is 2.65 bits per heavy atom. The molecular weight excluding hydrogens is 335 g/mol. The number of nitrogens with one attached hydrogen (secondary N) is 2. The number of amides is 1. The lowest BCUT2D eigenvalue weighted by atomic mass is 10.0. The monoisotopic (exact) mass is 359 g/mol. The van der Waals surface area contributed by atoms with Crippen LogP contribution < -0.4 is 19.7 Å². The number of benzene rings is 2. The lowest BCUT2D eigenvalue weighted by Gasteiger charge is -2.23. The van der Waals surface area contributed by atoms with Crippen molar-refractivity contribution in [3.8, 4) is 11.5 Å². The lowest BCUT2D eigenvalue weighted by molar-refractivity contribution is -0.910. The van der Waals surface area contributed by atoms with Crippen LogP contribution >= 0.6 is 0 Å². The summed E-state index contributed by atoms with van der Waals surface area (Å²) in [5.41, 5.74) is 1.70. The molecule has 5 nitrogen and oxygen atoms in total. The predicted octanol–water partition coefficient (Wildman–Crippen LogP) is 2.20. The van der Waals surface area contributed by atoms with Gasteiger partial charge >= 0.3 is 0 Å². The van der Waals surface area contributed by atoms with Gasteiger partial charge < -0.3 is 19.7 Å². The molecule has 1 aliphatic heterocycles. The SMILES string of the molecule is COc1ccc([C@H]2CCC[NH+]2CC(=O)Nc2ccc(F)cc2)c(OC)c1. The number of hydrogen-bond acceptors (Lipinski definition) is 3. The summed E-state index contributed by atoms with van der Waals surface area (Å²) in [6.45, 7) is 1.29. The van der Waals surface area contributed by atoms with Crippen molar-refractivity contribution < 1.29 is 23.6 Å². The van der Waals surface area contributed by atoms with Gasteiger partial charge in [0.25, 0.3) is 5.91 Å². The van der Waals surface area contributed by atoms with Crippen molar-refractivity contribution in [2.45, 2.75) is 18.9 Å². The van der Waals surface area contributed by atoms with Crippen LogP contribution in [-0.2, 0) is 4.79 Å². The van der Waals surface area contributed by atoms with Crippen molar-refractivity contribution in [2.24, 2.45) is 0 Å². The number of quaternary nitrogens is 1. The summed E-state index contributed by atoms with van der Waals surface area (Å²) >= 11 is 0. The highest BCUT2D eigenvalue weighted by Crippen LogP contribution is 2.31. The molecule has 2 atom stereocenters. The number of halogens is 1. The first-order chi connectivity index (χ1) is 12.6. The fourth-order valence-corrected chi connectivity index (χ4v) is 3.55. The molecule has 2 N–H and O–H groups in total. The topological polar surface area (TPSA) is 52.0 Å². The molecular formula is C20H24FN2O3+. The molecule has 26 heavy (non-hydrogen) atoms. The minimum atomic E-state index is -0.320. The molecule has 1 aliphatic rings. The Hall–Kier alpha value is -2.60. The average Bonchev–Trinajstić information content (AvgIpc) is 3.10. The zero-order valence-corrected chi connectivity index (χ0v) is 15.0. The molecule has 0 spiro atoms. The van der Waals surface area contributed by atoms with Crippen molar-refractivity contribution >= 4 is 11.6 Å². The molecule has 1 amide bonds. The molecule has 1 saturated heterocycles. The fourth-order valence-electron chi connectivity index (χ4n) is 3.55. The minimum absolute atomic E-state index is 0.0778. The van der Waals surface area contributed by atoms with Crippen molar-refractivity contribution in [3.63, 3.8) is 0 Å². The van der Waals surface area contributed by atoms with Crippen LogP contribution in [0.5, 0.6) is 11.5 Å². The maximum absolute atomic E-state index is 13.0. The number of hydrogen-bond donors (Lipinski definition) is 2. The van der Waals surface area contributed by atoms with Gasteiger partial charge in [-0.05, 0) is 36.4 Å². The Morgan fingerprint density at radius 2 is 1.96 bits per heavy atom. The molecule has 6 heteroatoms. The van der Waals surface area contributed by atoms with Crippen LogP contribution in [0.4, 0.5) is 10.1 Å². The molecule has 2 aromatic carbocycles. The van der Waals surface area contributed by atoms with Crippen LogP contribution in [0.25, 0.3) is 0 Å². The predicted molar refractivity (Wildman–Crippen MR) is 97.2 cm³/mol. The fraction of sp³-hybridized carbons (Fsp3) is 0.350. The molecule has 0 aromatic heterocycles. The van der Waals surface area contributed by atoms with Crippen molar-refractivity contribution in [1.82, 2.24) is 0 Å². The van der Waals surface area contributed by atoms with E-state index in [0.29, 0.717) is 12.2 Å². The molecule has 0 radical (unpaired) electrons. The Labute approximate surface area is 152 Å². The number of likely N-dealkylation sites (tertiary alicyclic amines) is 1. The van der Waals surface area contributed by atoms with E-state index in [2.05, 4.69) is 5.32 Å². The number of methoxy groups -OCH3 is 2. The van der Waals surface area contributed by atoms with Crippen LogP contribution in [0.3, 0.4) is 0 Å². The van der Waals surface area contributed by atoms with E-state index >= 15 is 0 Å². The van der Waals surface area contributed by atoms with Crippen LogP contribution in [0.1, 0.15) is 24.4 Å². The van der Waals surface area contributed by atoms with E-state index in [9.17, 15) is 9.18 Å². The van der Waals surface area contributed by atoms with Gasteiger partial charge in [0.1, 0.15) is 23.4 Å². The highest BCUT2D eigenvalue weighted by Gasteiger charge is 2.33. The summed E-state index contributed by atoms with van der Waals surface area (Å²) in [6.07, 6.45) is 2.06. The third kappa shape index (κ3) is 4.14. The third-order valence-corrected chi connectivity index (χ3v) is 4.82. The zero-order chi connectivity index (χ0) is 18.5. The molecule has 3 rings (SSSR count). The van der Waals surface area contributed by atoms with Gasteiger partial charge in [0.15, 0.2) is 6.54 Å². The standard InChI is InChI=1S/C20H23FN2O3/c1-25-16-9-10-17(19(12-16)26-2)18-4-3-11-23(18)13-20(24)22-15-7-5-14(21)6-8-15/h5-10,12,18H,3-4,11,13H2,1-2H3,(H,22,24)/p+1/t18-/m1/s1. The number of rotatable bonds is 6. The van der Waals surface area contributed by atoms with Gasteiger partial charge in [-0.2, -0.15) is 0 Å². The summed E-state index contributed by atoms with van der Waals surface area (Å²) in [5.74, 6) is 1.14. The van der Waals surface area contributed by atoms with Crippen LogP contribution in [0.2, 0.25) is 0 Å². The first-order valence-electron chi connectivity index (χ1n) is 8.72. The average molecular weight is 359 g/mol. The summed E-state index contributed by atoms with van der Waals surface area (Å²) < 4.78 is 23.8. The van der Waals surface area contributed by atoms with Gasteiger partial charge in [0.2, 0.25) is 0 Å². The molecule has 0 bridgehead atoms. The van der Waals surface area contributed by atoms with Crippen molar-refractivity contribution in [3.05, 3.63) is 53.8 Å². The summed E-state index contributed by atoms with van der Waals surface area (Å²) in [4.78, 5) is 13.6. The minimum Gasteiger partial charge on any atom is -0.497 e. The van der Waals surface area contributed by atoms with E-state index in [-0.39, 0.29) is 17.8 Å². The Bertz CT molecular complexity index is 764. The van der Waals surface area contributed by atoms with Gasteiger partial charge in [0.05, 0.1) is 26.3 Å². The number of carbonyl (C=O) groups excluding carboxylic acids is 1. The molecule has 2 aromatic rings.